The summed E-state index contributed by atoms with van der Waals surface area (Å²) in [5.74, 6) is 1.88. The number of hydrogen-bond donors (Lipinski definition) is 3. The van der Waals surface area contributed by atoms with E-state index in [2.05, 4.69) is 41.2 Å². The molecule has 4 fully saturated rings. The first-order valence-corrected chi connectivity index (χ1v) is 10.3. The van der Waals surface area contributed by atoms with Crippen LogP contribution < -0.4 is 10.6 Å². The minimum absolute atomic E-state index is 0.0965. The average molecular weight is 351 g/mol. The van der Waals surface area contributed by atoms with Crippen molar-refractivity contribution in [3.8, 4) is 0 Å². The van der Waals surface area contributed by atoms with E-state index in [1.807, 2.05) is 0 Å². The molecule has 2 heterocycles. The molecular formula is C19H34N4O2. The van der Waals surface area contributed by atoms with E-state index in [4.69, 9.17) is 0 Å². The molecule has 4 rings (SSSR count). The maximum Gasteiger partial charge on any atom is 0.321 e. The molecule has 0 aromatic heterocycles. The Bertz CT molecular complexity index is 504. The van der Waals surface area contributed by atoms with Gasteiger partial charge in [0.15, 0.2) is 0 Å². The topological polar surface area (TPSA) is 67.8 Å². The van der Waals surface area contributed by atoms with Gasteiger partial charge in [0.1, 0.15) is 6.17 Å². The quantitative estimate of drug-likeness (QED) is 0.704. The van der Waals surface area contributed by atoms with E-state index in [-0.39, 0.29) is 36.6 Å². The number of aliphatic hydroxyl groups is 1. The van der Waals surface area contributed by atoms with Crippen LogP contribution in [0.1, 0.15) is 52.9 Å². The van der Waals surface area contributed by atoms with Crippen LogP contribution in [0.5, 0.6) is 0 Å². The van der Waals surface area contributed by atoms with Gasteiger partial charge in [-0.25, -0.2) is 4.79 Å². The molecule has 6 nitrogen and oxygen atoms in total. The van der Waals surface area contributed by atoms with E-state index in [1.54, 1.807) is 0 Å². The van der Waals surface area contributed by atoms with Crippen LogP contribution in [0.3, 0.4) is 0 Å². The monoisotopic (exact) mass is 350 g/mol. The van der Waals surface area contributed by atoms with Crippen LogP contribution in [0.25, 0.3) is 0 Å². The van der Waals surface area contributed by atoms with Crippen LogP contribution in [-0.4, -0.2) is 64.5 Å². The molecule has 2 bridgehead atoms. The number of aliphatic hydroxyl groups excluding tert-OH is 1. The summed E-state index contributed by atoms with van der Waals surface area (Å²) in [6.07, 6.45) is 5.43. The van der Waals surface area contributed by atoms with Gasteiger partial charge in [-0.1, -0.05) is 13.8 Å². The van der Waals surface area contributed by atoms with Gasteiger partial charge in [-0.05, 0) is 56.8 Å². The Morgan fingerprint density at radius 2 is 1.68 bits per heavy atom. The number of urea groups is 1. The number of fused-ring (bicyclic) bond motifs is 3. The van der Waals surface area contributed by atoms with Gasteiger partial charge in [0.25, 0.3) is 0 Å². The fourth-order valence-electron chi connectivity index (χ4n) is 5.95. The number of nitrogens with zero attached hydrogens (tertiary/aromatic N) is 2. The summed E-state index contributed by atoms with van der Waals surface area (Å²) < 4.78 is 0. The molecule has 2 aliphatic carbocycles. The number of carbonyl (C=O) groups excluding carboxylic acids is 1. The van der Waals surface area contributed by atoms with E-state index in [1.165, 1.54) is 6.42 Å². The van der Waals surface area contributed by atoms with Crippen molar-refractivity contribution in [1.82, 2.24) is 20.4 Å². The van der Waals surface area contributed by atoms with Gasteiger partial charge < -0.3 is 14.9 Å². The molecule has 0 radical (unpaired) electrons. The Morgan fingerprint density at radius 3 is 2.32 bits per heavy atom. The smallest absolute Gasteiger partial charge is 0.321 e. The fraction of sp³-hybridized carbons (Fsp3) is 0.947. The second-order valence-corrected chi connectivity index (χ2v) is 8.65. The highest BCUT2D eigenvalue weighted by Crippen LogP contribution is 2.52. The third-order valence-corrected chi connectivity index (χ3v) is 7.06. The first-order chi connectivity index (χ1) is 12.0. The lowest BCUT2D eigenvalue weighted by Crippen LogP contribution is -2.68. The maximum atomic E-state index is 13.0. The lowest BCUT2D eigenvalue weighted by molar-refractivity contribution is -0.0772. The van der Waals surface area contributed by atoms with Gasteiger partial charge in [0.05, 0.1) is 18.3 Å². The summed E-state index contributed by atoms with van der Waals surface area (Å²) in [6, 6.07) is 0.692. The van der Waals surface area contributed by atoms with Crippen LogP contribution in [0.15, 0.2) is 0 Å². The SMILES string of the molecule is CCCN1C(=O)N(CCC)C2NC(C3C4CC(O)CC3C4)NC2C1C. The fourth-order valence-corrected chi connectivity index (χ4v) is 5.95. The van der Waals surface area contributed by atoms with Gasteiger partial charge in [0.2, 0.25) is 0 Å². The zero-order chi connectivity index (χ0) is 17.7. The summed E-state index contributed by atoms with van der Waals surface area (Å²) in [5, 5.41) is 17.6. The Balaban J connectivity index is 1.52. The lowest BCUT2D eigenvalue weighted by Gasteiger charge is -2.53. The normalized spacial score (nSPS) is 46.2. The van der Waals surface area contributed by atoms with Crippen molar-refractivity contribution in [2.24, 2.45) is 17.8 Å². The maximum absolute atomic E-state index is 13.0. The Labute approximate surface area is 151 Å². The molecule has 2 saturated heterocycles. The number of hydrogen-bond acceptors (Lipinski definition) is 4. The summed E-state index contributed by atoms with van der Waals surface area (Å²) in [7, 11) is 0. The molecule has 6 unspecified atom stereocenters. The highest BCUT2D eigenvalue weighted by molar-refractivity contribution is 5.76. The second kappa shape index (κ2) is 6.71. The van der Waals surface area contributed by atoms with E-state index in [0.717, 1.165) is 38.8 Å². The van der Waals surface area contributed by atoms with Crippen LogP contribution in [0, 0.1) is 17.8 Å². The number of nitrogens with one attached hydrogen (secondary N) is 2. The molecule has 25 heavy (non-hydrogen) atoms. The molecule has 6 atom stereocenters. The van der Waals surface area contributed by atoms with Gasteiger partial charge in [-0.2, -0.15) is 0 Å². The van der Waals surface area contributed by atoms with Crippen molar-refractivity contribution in [3.05, 3.63) is 0 Å². The predicted octanol–water partition coefficient (Wildman–Crippen LogP) is 1.55. The summed E-state index contributed by atoms with van der Waals surface area (Å²) in [6.45, 7) is 8.11. The number of amides is 2. The van der Waals surface area contributed by atoms with E-state index >= 15 is 0 Å². The minimum Gasteiger partial charge on any atom is -0.393 e. The van der Waals surface area contributed by atoms with E-state index in [9.17, 15) is 9.90 Å². The molecule has 3 N–H and O–H groups in total. The average Bonchev–Trinajstić information content (AvgIpc) is 2.99. The van der Waals surface area contributed by atoms with Crippen molar-refractivity contribution in [2.45, 2.75) is 83.4 Å². The lowest BCUT2D eigenvalue weighted by atomic mass is 9.55. The Kier molecular flexibility index (Phi) is 4.71. The number of rotatable bonds is 5. The molecule has 6 heteroatoms. The first-order valence-electron chi connectivity index (χ1n) is 10.3. The van der Waals surface area contributed by atoms with Crippen molar-refractivity contribution < 1.29 is 9.90 Å². The third kappa shape index (κ3) is 2.77. The van der Waals surface area contributed by atoms with Crippen molar-refractivity contribution in [2.75, 3.05) is 13.1 Å². The van der Waals surface area contributed by atoms with Crippen molar-refractivity contribution >= 4 is 6.03 Å². The molecular weight excluding hydrogens is 316 g/mol. The minimum atomic E-state index is -0.0965. The van der Waals surface area contributed by atoms with Gasteiger partial charge in [-0.3, -0.25) is 10.6 Å². The molecule has 4 aliphatic rings. The zero-order valence-electron chi connectivity index (χ0n) is 15.8. The first kappa shape index (κ1) is 17.6. The summed E-state index contributed by atoms with van der Waals surface area (Å²) >= 11 is 0. The van der Waals surface area contributed by atoms with Crippen LogP contribution in [0.2, 0.25) is 0 Å². The summed E-state index contributed by atoms with van der Waals surface area (Å²) in [4.78, 5) is 17.1. The summed E-state index contributed by atoms with van der Waals surface area (Å²) in [5.41, 5.74) is 0. The van der Waals surface area contributed by atoms with Crippen LogP contribution in [0.4, 0.5) is 4.79 Å². The molecule has 0 aromatic carbocycles. The highest BCUT2D eigenvalue weighted by Gasteiger charge is 2.56. The Hall–Kier alpha value is -0.850. The molecule has 2 saturated carbocycles. The van der Waals surface area contributed by atoms with Crippen LogP contribution in [-0.2, 0) is 0 Å². The number of carbonyl (C=O) groups is 1. The second-order valence-electron chi connectivity index (χ2n) is 8.65. The van der Waals surface area contributed by atoms with Gasteiger partial charge in [0, 0.05) is 19.1 Å². The zero-order valence-corrected chi connectivity index (χ0v) is 15.8. The largest absolute Gasteiger partial charge is 0.393 e. The van der Waals surface area contributed by atoms with Gasteiger partial charge >= 0.3 is 6.03 Å². The molecule has 2 aliphatic heterocycles. The standard InChI is InChI=1S/C19H34N4O2/c1-4-6-22-11(3)16-18(23(7-5-2)19(22)25)21-17(20-16)15-12-8-13(15)10-14(24)9-12/h11-18,20-21,24H,4-10H2,1-3H3. The van der Waals surface area contributed by atoms with E-state index in [0.29, 0.717) is 17.8 Å². The molecule has 2 amide bonds. The predicted molar refractivity (Wildman–Crippen MR) is 96.8 cm³/mol. The molecule has 142 valence electrons. The van der Waals surface area contributed by atoms with Crippen molar-refractivity contribution in [3.63, 3.8) is 0 Å². The molecule has 0 aromatic rings. The van der Waals surface area contributed by atoms with E-state index < -0.39 is 0 Å². The van der Waals surface area contributed by atoms with Crippen LogP contribution >= 0.6 is 0 Å². The van der Waals surface area contributed by atoms with Gasteiger partial charge in [-0.15, -0.1) is 0 Å². The third-order valence-electron chi connectivity index (χ3n) is 7.06. The highest BCUT2D eigenvalue weighted by atomic mass is 16.3. The Morgan fingerprint density at radius 1 is 1.04 bits per heavy atom. The molecule has 0 spiro atoms. The van der Waals surface area contributed by atoms with Crippen molar-refractivity contribution in [1.29, 1.82) is 0 Å².